The van der Waals surface area contributed by atoms with E-state index in [0.29, 0.717) is 12.6 Å². The molecule has 13 heavy (non-hydrogen) atoms. The van der Waals surface area contributed by atoms with Crippen LogP contribution in [0.5, 0.6) is 0 Å². The van der Waals surface area contributed by atoms with Crippen LogP contribution in [-0.4, -0.2) is 35.7 Å². The molecule has 2 nitrogen and oxygen atoms in total. The molecule has 1 aliphatic heterocycles. The lowest BCUT2D eigenvalue weighted by Crippen LogP contribution is -2.42. The number of likely N-dealkylation sites (tertiary alicyclic amines) is 1. The van der Waals surface area contributed by atoms with Gasteiger partial charge in [-0.2, -0.15) is 0 Å². The Hall–Kier alpha value is -0.0800. The summed E-state index contributed by atoms with van der Waals surface area (Å²) in [6, 6.07) is 0.464. The fourth-order valence-corrected chi connectivity index (χ4v) is 2.13. The number of aliphatic hydroxyl groups is 1. The van der Waals surface area contributed by atoms with E-state index in [4.69, 9.17) is 0 Å². The molecule has 0 spiro atoms. The summed E-state index contributed by atoms with van der Waals surface area (Å²) < 4.78 is 0. The van der Waals surface area contributed by atoms with Crippen LogP contribution in [0.25, 0.3) is 0 Å². The molecule has 78 valence electrons. The first-order valence-electron chi connectivity index (χ1n) is 5.73. The molecule has 0 radical (unpaired) electrons. The maximum absolute atomic E-state index is 9.18. The smallest absolute Gasteiger partial charge is 0.0586 e. The van der Waals surface area contributed by atoms with Crippen LogP contribution in [0.1, 0.15) is 45.4 Å². The summed E-state index contributed by atoms with van der Waals surface area (Å²) in [5.74, 6) is 0. The van der Waals surface area contributed by atoms with Crippen molar-refractivity contribution in [2.24, 2.45) is 0 Å². The fourth-order valence-electron chi connectivity index (χ4n) is 2.13. The van der Waals surface area contributed by atoms with Gasteiger partial charge >= 0.3 is 0 Å². The second-order valence-corrected chi connectivity index (χ2v) is 4.08. The third-order valence-corrected chi connectivity index (χ3v) is 3.01. The molecule has 0 aromatic carbocycles. The third-order valence-electron chi connectivity index (χ3n) is 3.01. The van der Waals surface area contributed by atoms with Crippen molar-refractivity contribution in [2.75, 3.05) is 19.7 Å². The van der Waals surface area contributed by atoms with Crippen molar-refractivity contribution in [1.29, 1.82) is 0 Å². The number of unbranched alkanes of at least 4 members (excludes halogenated alkanes) is 2. The molecule has 0 aromatic rings. The van der Waals surface area contributed by atoms with Gasteiger partial charge in [0.1, 0.15) is 0 Å². The van der Waals surface area contributed by atoms with E-state index in [-0.39, 0.29) is 0 Å². The molecule has 0 amide bonds. The Morgan fingerprint density at radius 1 is 1.31 bits per heavy atom. The standard InChI is InChI=1S/C11H23NO/c1-2-3-5-8-12-9-6-4-7-11(12)10-13/h11,13H,2-10H2,1H3. The van der Waals surface area contributed by atoms with Crippen molar-refractivity contribution in [1.82, 2.24) is 4.90 Å². The number of hydrogen-bond acceptors (Lipinski definition) is 2. The van der Waals surface area contributed by atoms with Crippen LogP contribution in [0.2, 0.25) is 0 Å². The Morgan fingerprint density at radius 3 is 2.85 bits per heavy atom. The average molecular weight is 185 g/mol. The topological polar surface area (TPSA) is 23.5 Å². The van der Waals surface area contributed by atoms with Gasteiger partial charge in [0.05, 0.1) is 6.61 Å². The number of piperidine rings is 1. The maximum Gasteiger partial charge on any atom is 0.0586 e. The van der Waals surface area contributed by atoms with Crippen molar-refractivity contribution in [3.05, 3.63) is 0 Å². The third kappa shape index (κ3) is 3.65. The van der Waals surface area contributed by atoms with Crippen LogP contribution in [0.15, 0.2) is 0 Å². The quantitative estimate of drug-likeness (QED) is 0.662. The normalized spacial score (nSPS) is 24.9. The molecule has 1 atom stereocenters. The lowest BCUT2D eigenvalue weighted by Gasteiger charge is -2.34. The van der Waals surface area contributed by atoms with Crippen LogP contribution in [-0.2, 0) is 0 Å². The van der Waals surface area contributed by atoms with Gasteiger partial charge in [0.25, 0.3) is 0 Å². The fraction of sp³-hybridized carbons (Fsp3) is 1.00. The number of hydrogen-bond donors (Lipinski definition) is 1. The highest BCUT2D eigenvalue weighted by atomic mass is 16.3. The summed E-state index contributed by atoms with van der Waals surface area (Å²) in [5.41, 5.74) is 0. The second-order valence-electron chi connectivity index (χ2n) is 4.08. The molecule has 2 heteroatoms. The summed E-state index contributed by atoms with van der Waals surface area (Å²) in [4.78, 5) is 2.47. The molecule has 0 aromatic heterocycles. The van der Waals surface area contributed by atoms with Gasteiger partial charge in [0, 0.05) is 6.04 Å². The molecule has 1 unspecified atom stereocenters. The van der Waals surface area contributed by atoms with E-state index in [9.17, 15) is 5.11 Å². The molecule has 1 N–H and O–H groups in total. The van der Waals surface area contributed by atoms with Gasteiger partial charge in [-0.3, -0.25) is 4.90 Å². The highest BCUT2D eigenvalue weighted by Crippen LogP contribution is 2.17. The van der Waals surface area contributed by atoms with Crippen molar-refractivity contribution >= 4 is 0 Å². The molecule has 0 bridgehead atoms. The van der Waals surface area contributed by atoms with Crippen molar-refractivity contribution in [2.45, 2.75) is 51.5 Å². The zero-order valence-corrected chi connectivity index (χ0v) is 8.84. The average Bonchev–Trinajstić information content (AvgIpc) is 2.19. The van der Waals surface area contributed by atoms with Gasteiger partial charge in [0.2, 0.25) is 0 Å². The highest BCUT2D eigenvalue weighted by Gasteiger charge is 2.20. The molecule has 1 saturated heterocycles. The van der Waals surface area contributed by atoms with E-state index in [0.717, 1.165) is 0 Å². The molecule has 1 aliphatic rings. The van der Waals surface area contributed by atoms with Gasteiger partial charge in [-0.15, -0.1) is 0 Å². The van der Waals surface area contributed by atoms with E-state index in [1.807, 2.05) is 0 Å². The summed E-state index contributed by atoms with van der Waals surface area (Å²) >= 11 is 0. The summed E-state index contributed by atoms with van der Waals surface area (Å²) in [5, 5.41) is 9.18. The zero-order valence-electron chi connectivity index (χ0n) is 8.84. The SMILES string of the molecule is CCCCCN1CCCCC1CO. The Balaban J connectivity index is 2.19. The first-order valence-corrected chi connectivity index (χ1v) is 5.73. The summed E-state index contributed by atoms with van der Waals surface area (Å²) in [6.07, 6.45) is 7.74. The lowest BCUT2D eigenvalue weighted by molar-refractivity contribution is 0.0887. The zero-order chi connectivity index (χ0) is 9.52. The maximum atomic E-state index is 9.18. The summed E-state index contributed by atoms with van der Waals surface area (Å²) in [6.45, 7) is 4.99. The molecule has 1 rings (SSSR count). The van der Waals surface area contributed by atoms with Gasteiger partial charge in [-0.1, -0.05) is 26.2 Å². The molecular formula is C11H23NO. The predicted octanol–water partition coefficient (Wildman–Crippen LogP) is 2.02. The van der Waals surface area contributed by atoms with Crippen molar-refractivity contribution < 1.29 is 5.11 Å². The first kappa shape index (κ1) is 11.0. The van der Waals surface area contributed by atoms with Gasteiger partial charge in [0.15, 0.2) is 0 Å². The lowest BCUT2D eigenvalue weighted by atomic mass is 10.0. The molecule has 0 aliphatic carbocycles. The van der Waals surface area contributed by atoms with Gasteiger partial charge < -0.3 is 5.11 Å². The van der Waals surface area contributed by atoms with E-state index in [2.05, 4.69) is 11.8 Å². The monoisotopic (exact) mass is 185 g/mol. The van der Waals surface area contributed by atoms with E-state index < -0.39 is 0 Å². The molecular weight excluding hydrogens is 162 g/mol. The minimum atomic E-state index is 0.353. The Labute approximate surface area is 81.9 Å². The number of aliphatic hydroxyl groups excluding tert-OH is 1. The van der Waals surface area contributed by atoms with Gasteiger partial charge in [-0.25, -0.2) is 0 Å². The molecule has 0 saturated carbocycles. The largest absolute Gasteiger partial charge is 0.395 e. The van der Waals surface area contributed by atoms with Crippen LogP contribution in [0, 0.1) is 0 Å². The minimum absolute atomic E-state index is 0.353. The Kier molecular flexibility index (Phi) is 5.40. The van der Waals surface area contributed by atoms with E-state index in [1.165, 1.54) is 51.6 Å². The second kappa shape index (κ2) is 6.39. The van der Waals surface area contributed by atoms with Crippen LogP contribution >= 0.6 is 0 Å². The van der Waals surface area contributed by atoms with Gasteiger partial charge in [-0.05, 0) is 32.4 Å². The molecule has 1 fully saturated rings. The highest BCUT2D eigenvalue weighted by molar-refractivity contribution is 4.75. The van der Waals surface area contributed by atoms with Crippen molar-refractivity contribution in [3.63, 3.8) is 0 Å². The number of nitrogens with zero attached hydrogens (tertiary/aromatic N) is 1. The Morgan fingerprint density at radius 2 is 2.15 bits per heavy atom. The van der Waals surface area contributed by atoms with E-state index >= 15 is 0 Å². The van der Waals surface area contributed by atoms with Crippen LogP contribution < -0.4 is 0 Å². The predicted molar refractivity (Wildman–Crippen MR) is 55.8 cm³/mol. The van der Waals surface area contributed by atoms with Crippen LogP contribution in [0.4, 0.5) is 0 Å². The summed E-state index contributed by atoms with van der Waals surface area (Å²) in [7, 11) is 0. The molecule has 1 heterocycles. The number of rotatable bonds is 5. The minimum Gasteiger partial charge on any atom is -0.395 e. The first-order chi connectivity index (χ1) is 6.38. The Bertz CT molecular complexity index is 127. The van der Waals surface area contributed by atoms with Crippen LogP contribution in [0.3, 0.4) is 0 Å². The van der Waals surface area contributed by atoms with Crippen molar-refractivity contribution in [3.8, 4) is 0 Å². The van der Waals surface area contributed by atoms with E-state index in [1.54, 1.807) is 0 Å².